The van der Waals surface area contributed by atoms with E-state index in [-0.39, 0.29) is 5.91 Å². The van der Waals surface area contributed by atoms with Crippen LogP contribution in [-0.4, -0.2) is 34.4 Å². The maximum Gasteiger partial charge on any atom is 0.230 e. The summed E-state index contributed by atoms with van der Waals surface area (Å²) in [6, 6.07) is 0.590. The highest BCUT2D eigenvalue weighted by molar-refractivity contribution is 8.01. The van der Waals surface area contributed by atoms with Gasteiger partial charge in [0.05, 0.1) is 5.75 Å². The van der Waals surface area contributed by atoms with Crippen LogP contribution in [0.1, 0.15) is 45.4 Å². The van der Waals surface area contributed by atoms with Crippen molar-refractivity contribution in [2.24, 2.45) is 0 Å². The molecule has 0 atom stereocenters. The van der Waals surface area contributed by atoms with Crippen LogP contribution >= 0.6 is 23.1 Å². The molecule has 112 valence electrons. The first-order valence-corrected chi connectivity index (χ1v) is 9.07. The van der Waals surface area contributed by atoms with Crippen LogP contribution in [0.5, 0.6) is 0 Å². The number of rotatable bonds is 10. The molecule has 2 N–H and O–H groups in total. The Morgan fingerprint density at radius 3 is 2.95 bits per heavy atom. The van der Waals surface area contributed by atoms with Crippen LogP contribution in [0.2, 0.25) is 0 Å². The molecule has 0 aliphatic heterocycles. The zero-order chi connectivity index (χ0) is 14.2. The van der Waals surface area contributed by atoms with E-state index in [9.17, 15) is 4.79 Å². The lowest BCUT2D eigenvalue weighted by Crippen LogP contribution is -2.26. The summed E-state index contributed by atoms with van der Waals surface area (Å²) in [7, 11) is 0. The van der Waals surface area contributed by atoms with Gasteiger partial charge in [-0.1, -0.05) is 49.3 Å². The number of carbonyl (C=O) groups is 1. The fourth-order valence-corrected chi connectivity index (χ4v) is 3.35. The molecule has 0 saturated heterocycles. The van der Waals surface area contributed by atoms with Crippen molar-refractivity contribution in [3.8, 4) is 0 Å². The minimum Gasteiger partial charge on any atom is -0.357 e. The fourth-order valence-electron chi connectivity index (χ4n) is 1.69. The minimum atomic E-state index is 0.0819. The number of thioether (sulfide) groups is 1. The van der Waals surface area contributed by atoms with Crippen molar-refractivity contribution in [2.45, 2.75) is 55.8 Å². The minimum absolute atomic E-state index is 0.0819. The van der Waals surface area contributed by atoms with Crippen molar-refractivity contribution >= 4 is 34.1 Å². The van der Waals surface area contributed by atoms with E-state index < -0.39 is 0 Å². The number of nitrogens with one attached hydrogen (secondary N) is 2. The van der Waals surface area contributed by atoms with E-state index in [1.165, 1.54) is 55.2 Å². The lowest BCUT2D eigenvalue weighted by atomic mass is 10.2. The van der Waals surface area contributed by atoms with Gasteiger partial charge in [-0.2, -0.15) is 0 Å². The summed E-state index contributed by atoms with van der Waals surface area (Å²) in [5, 5.41) is 15.3. The molecule has 1 aliphatic carbocycles. The standard InChI is InChI=1S/C13H22N4OS2/c1-2-3-4-5-8-14-11(18)9-19-13-17-16-12(20-13)15-10-6-7-10/h10H,2-9H2,1H3,(H,14,18)(H,15,16). The number of anilines is 1. The average molecular weight is 314 g/mol. The van der Waals surface area contributed by atoms with Crippen molar-refractivity contribution < 1.29 is 4.79 Å². The van der Waals surface area contributed by atoms with Crippen LogP contribution in [0.4, 0.5) is 5.13 Å². The van der Waals surface area contributed by atoms with Gasteiger partial charge in [-0.3, -0.25) is 4.79 Å². The molecule has 1 aliphatic rings. The van der Waals surface area contributed by atoms with Crippen molar-refractivity contribution in [1.29, 1.82) is 0 Å². The molecule has 1 fully saturated rings. The Hall–Kier alpha value is -0.820. The Labute approximate surface area is 128 Å². The summed E-state index contributed by atoms with van der Waals surface area (Å²) in [5.74, 6) is 0.504. The normalized spacial score (nSPS) is 14.2. The quantitative estimate of drug-likeness (QED) is 0.513. The van der Waals surface area contributed by atoms with Gasteiger partial charge in [0.25, 0.3) is 0 Å². The molecule has 0 unspecified atom stereocenters. The first kappa shape index (κ1) is 15.6. The smallest absolute Gasteiger partial charge is 0.230 e. The predicted octanol–water partition coefficient (Wildman–Crippen LogP) is 2.90. The molecule has 1 heterocycles. The third-order valence-corrected chi connectivity index (χ3v) is 4.98. The van der Waals surface area contributed by atoms with E-state index in [2.05, 4.69) is 27.8 Å². The lowest BCUT2D eigenvalue weighted by molar-refractivity contribution is -0.118. The summed E-state index contributed by atoms with van der Waals surface area (Å²) in [6.45, 7) is 2.97. The number of nitrogens with zero attached hydrogens (tertiary/aromatic N) is 2. The van der Waals surface area contributed by atoms with Crippen molar-refractivity contribution in [1.82, 2.24) is 15.5 Å². The average Bonchev–Trinajstić information content (AvgIpc) is 3.13. The van der Waals surface area contributed by atoms with Gasteiger partial charge in [-0.15, -0.1) is 10.2 Å². The number of unbranched alkanes of at least 4 members (excludes halogenated alkanes) is 3. The van der Waals surface area contributed by atoms with Gasteiger partial charge in [-0.25, -0.2) is 0 Å². The molecule has 0 aromatic carbocycles. The predicted molar refractivity (Wildman–Crippen MR) is 84.4 cm³/mol. The van der Waals surface area contributed by atoms with E-state index in [1.54, 1.807) is 0 Å². The lowest BCUT2D eigenvalue weighted by Gasteiger charge is -2.03. The van der Waals surface area contributed by atoms with Crippen LogP contribution in [0.15, 0.2) is 4.34 Å². The van der Waals surface area contributed by atoms with Crippen LogP contribution < -0.4 is 10.6 Å². The van der Waals surface area contributed by atoms with E-state index in [4.69, 9.17) is 0 Å². The fraction of sp³-hybridized carbons (Fsp3) is 0.769. The van der Waals surface area contributed by atoms with Crippen molar-refractivity contribution in [3.05, 3.63) is 0 Å². The van der Waals surface area contributed by atoms with Gasteiger partial charge in [-0.05, 0) is 19.3 Å². The molecule has 1 aromatic heterocycles. The first-order valence-electron chi connectivity index (χ1n) is 7.27. The summed E-state index contributed by atoms with van der Waals surface area (Å²) >= 11 is 2.99. The number of hydrogen-bond acceptors (Lipinski definition) is 6. The van der Waals surface area contributed by atoms with E-state index in [0.29, 0.717) is 11.8 Å². The zero-order valence-corrected chi connectivity index (χ0v) is 13.5. The summed E-state index contributed by atoms with van der Waals surface area (Å²) in [6.07, 6.45) is 7.17. The van der Waals surface area contributed by atoms with E-state index in [0.717, 1.165) is 22.4 Å². The number of aromatic nitrogens is 2. The van der Waals surface area contributed by atoms with Gasteiger partial charge in [0.15, 0.2) is 4.34 Å². The van der Waals surface area contributed by atoms with Crippen LogP contribution in [0.3, 0.4) is 0 Å². The second-order valence-electron chi connectivity index (χ2n) is 4.99. The SMILES string of the molecule is CCCCCCNC(=O)CSc1nnc(NC2CC2)s1. The molecule has 1 aromatic rings. The summed E-state index contributed by atoms with van der Waals surface area (Å²) < 4.78 is 0.856. The maximum absolute atomic E-state index is 11.7. The van der Waals surface area contributed by atoms with Crippen molar-refractivity contribution in [3.63, 3.8) is 0 Å². The molecule has 0 spiro atoms. The molecule has 1 saturated carbocycles. The number of amides is 1. The van der Waals surface area contributed by atoms with Crippen LogP contribution in [0.25, 0.3) is 0 Å². The van der Waals surface area contributed by atoms with Gasteiger partial charge < -0.3 is 10.6 Å². The third-order valence-electron chi connectivity index (χ3n) is 2.99. The summed E-state index contributed by atoms with van der Waals surface area (Å²) in [4.78, 5) is 11.7. The molecule has 5 nitrogen and oxygen atoms in total. The van der Waals surface area contributed by atoms with Gasteiger partial charge in [0.2, 0.25) is 11.0 Å². The Kier molecular flexibility index (Phi) is 6.59. The van der Waals surface area contributed by atoms with E-state index in [1.807, 2.05) is 0 Å². The number of hydrogen-bond donors (Lipinski definition) is 2. The summed E-state index contributed by atoms with van der Waals surface area (Å²) in [5.41, 5.74) is 0. The molecule has 1 amide bonds. The highest BCUT2D eigenvalue weighted by Gasteiger charge is 2.22. The van der Waals surface area contributed by atoms with Gasteiger partial charge >= 0.3 is 0 Å². The van der Waals surface area contributed by atoms with E-state index >= 15 is 0 Å². The Bertz CT molecular complexity index is 420. The number of carbonyl (C=O) groups excluding carboxylic acids is 1. The molecule has 0 radical (unpaired) electrons. The highest BCUT2D eigenvalue weighted by atomic mass is 32.2. The highest BCUT2D eigenvalue weighted by Crippen LogP contribution is 2.29. The van der Waals surface area contributed by atoms with Gasteiger partial charge in [0.1, 0.15) is 0 Å². The molecule has 2 rings (SSSR count). The largest absolute Gasteiger partial charge is 0.357 e. The molecule has 7 heteroatoms. The second kappa shape index (κ2) is 8.46. The maximum atomic E-state index is 11.7. The monoisotopic (exact) mass is 314 g/mol. The Morgan fingerprint density at radius 1 is 1.35 bits per heavy atom. The van der Waals surface area contributed by atoms with Crippen molar-refractivity contribution in [2.75, 3.05) is 17.6 Å². The molecule has 0 bridgehead atoms. The second-order valence-corrected chi connectivity index (χ2v) is 7.19. The van der Waals surface area contributed by atoms with Crippen LogP contribution in [-0.2, 0) is 4.79 Å². The zero-order valence-electron chi connectivity index (χ0n) is 11.9. The topological polar surface area (TPSA) is 66.9 Å². The molecular formula is C13H22N4OS2. The third kappa shape index (κ3) is 6.09. The molecule has 20 heavy (non-hydrogen) atoms. The van der Waals surface area contributed by atoms with Crippen LogP contribution in [0, 0.1) is 0 Å². The first-order chi connectivity index (χ1) is 9.78. The molecular weight excluding hydrogens is 292 g/mol. The Balaban J connectivity index is 1.56. The van der Waals surface area contributed by atoms with Gasteiger partial charge in [0, 0.05) is 12.6 Å². The Morgan fingerprint density at radius 2 is 2.20 bits per heavy atom.